The standard InChI is InChI=1S/C30H29BO/c1-29(2)19-31(32-30(29,3)4)27-16-10-15-24-26(27)18-21-17-25(20-11-6-5-7-12-20)22-13-8-9-14-23(22)28(21)24/h5-17H,18-19H2,1-4H3. The number of fused-ring (bicyclic) bond motifs is 5. The average Bonchev–Trinajstić information content (AvgIpc) is 3.27. The molecule has 0 atom stereocenters. The van der Waals surface area contributed by atoms with Gasteiger partial charge in [-0.15, -0.1) is 0 Å². The first-order valence-corrected chi connectivity index (χ1v) is 11.8. The van der Waals surface area contributed by atoms with Crippen molar-refractivity contribution in [1.29, 1.82) is 0 Å². The van der Waals surface area contributed by atoms with Crippen LogP contribution in [-0.4, -0.2) is 12.5 Å². The monoisotopic (exact) mass is 416 g/mol. The van der Waals surface area contributed by atoms with Gasteiger partial charge in [0.05, 0.1) is 5.60 Å². The first-order valence-electron chi connectivity index (χ1n) is 11.8. The van der Waals surface area contributed by atoms with Gasteiger partial charge in [-0.2, -0.15) is 0 Å². The second-order valence-electron chi connectivity index (χ2n) is 10.6. The molecule has 4 aromatic carbocycles. The fourth-order valence-corrected chi connectivity index (χ4v) is 5.71. The van der Waals surface area contributed by atoms with E-state index in [9.17, 15) is 0 Å². The van der Waals surface area contributed by atoms with Crippen molar-refractivity contribution in [3.63, 3.8) is 0 Å². The Bertz CT molecular complexity index is 1330. The van der Waals surface area contributed by atoms with Crippen LogP contribution in [0.2, 0.25) is 6.32 Å². The Morgan fingerprint density at radius 2 is 1.47 bits per heavy atom. The van der Waals surface area contributed by atoms with Gasteiger partial charge in [0.2, 0.25) is 0 Å². The minimum atomic E-state index is -0.126. The van der Waals surface area contributed by atoms with Crippen LogP contribution in [0.3, 0.4) is 0 Å². The van der Waals surface area contributed by atoms with E-state index >= 15 is 0 Å². The molecule has 2 heteroatoms. The Kier molecular flexibility index (Phi) is 4.23. The molecule has 1 heterocycles. The average molecular weight is 416 g/mol. The first-order chi connectivity index (χ1) is 15.4. The van der Waals surface area contributed by atoms with Crippen molar-refractivity contribution >= 4 is 23.2 Å². The molecule has 0 saturated carbocycles. The van der Waals surface area contributed by atoms with E-state index in [1.54, 1.807) is 0 Å². The zero-order valence-electron chi connectivity index (χ0n) is 19.4. The van der Waals surface area contributed by atoms with Crippen LogP contribution in [0.4, 0.5) is 0 Å². The fourth-order valence-electron chi connectivity index (χ4n) is 5.71. The molecule has 1 saturated heterocycles. The summed E-state index contributed by atoms with van der Waals surface area (Å²) in [5.74, 6) is 0. The lowest BCUT2D eigenvalue weighted by atomic mass is 9.53. The fraction of sp³-hybridized carbons (Fsp3) is 0.267. The van der Waals surface area contributed by atoms with Crippen LogP contribution in [0, 0.1) is 5.41 Å². The van der Waals surface area contributed by atoms with Crippen LogP contribution in [0.25, 0.3) is 33.0 Å². The summed E-state index contributed by atoms with van der Waals surface area (Å²) in [7, 11) is 0. The highest BCUT2D eigenvalue weighted by molar-refractivity contribution is 6.69. The van der Waals surface area contributed by atoms with Crippen LogP contribution in [-0.2, 0) is 11.1 Å². The van der Waals surface area contributed by atoms with Gasteiger partial charge in [-0.1, -0.05) is 86.6 Å². The normalized spacial score (nSPS) is 18.1. The van der Waals surface area contributed by atoms with Gasteiger partial charge < -0.3 is 4.65 Å². The summed E-state index contributed by atoms with van der Waals surface area (Å²) in [5, 5.41) is 2.68. The topological polar surface area (TPSA) is 9.23 Å². The van der Waals surface area contributed by atoms with E-state index in [4.69, 9.17) is 4.65 Å². The van der Waals surface area contributed by atoms with Crippen molar-refractivity contribution in [3.8, 4) is 22.3 Å². The Morgan fingerprint density at radius 1 is 0.750 bits per heavy atom. The summed E-state index contributed by atoms with van der Waals surface area (Å²) in [5.41, 5.74) is 9.70. The molecule has 0 unspecified atom stereocenters. The highest BCUT2D eigenvalue weighted by atomic mass is 16.5. The molecular formula is C30H29BO. The summed E-state index contributed by atoms with van der Waals surface area (Å²) in [6, 6.07) is 28.9. The lowest BCUT2D eigenvalue weighted by Crippen LogP contribution is -2.37. The maximum Gasteiger partial charge on any atom is 0.328 e. The summed E-state index contributed by atoms with van der Waals surface area (Å²) < 4.78 is 6.65. The maximum atomic E-state index is 6.65. The van der Waals surface area contributed by atoms with Crippen LogP contribution < -0.4 is 5.46 Å². The van der Waals surface area contributed by atoms with Crippen molar-refractivity contribution in [2.24, 2.45) is 5.41 Å². The molecule has 0 bridgehead atoms. The van der Waals surface area contributed by atoms with Crippen LogP contribution in [0.15, 0.2) is 78.9 Å². The van der Waals surface area contributed by atoms with E-state index in [2.05, 4.69) is 107 Å². The largest absolute Gasteiger partial charge is 0.426 e. The third-order valence-electron chi connectivity index (χ3n) is 8.17. The molecule has 32 heavy (non-hydrogen) atoms. The van der Waals surface area contributed by atoms with Crippen molar-refractivity contribution in [1.82, 2.24) is 0 Å². The quantitative estimate of drug-likeness (QED) is 0.279. The third kappa shape index (κ3) is 2.82. The van der Waals surface area contributed by atoms with Crippen LogP contribution in [0.1, 0.15) is 38.8 Å². The molecule has 0 amide bonds. The second kappa shape index (κ2) is 6.83. The SMILES string of the molecule is CC1(C)CB(c2cccc3c2Cc2cc(-c4ccccc4)c4ccccc4c2-3)OC1(C)C. The summed E-state index contributed by atoms with van der Waals surface area (Å²) in [6.07, 6.45) is 2.04. The maximum absolute atomic E-state index is 6.65. The molecular weight excluding hydrogens is 387 g/mol. The van der Waals surface area contributed by atoms with Crippen molar-refractivity contribution < 1.29 is 4.65 Å². The van der Waals surface area contributed by atoms with Crippen molar-refractivity contribution in [3.05, 3.63) is 90.0 Å². The molecule has 6 rings (SSSR count). The van der Waals surface area contributed by atoms with Crippen LogP contribution in [0.5, 0.6) is 0 Å². The Morgan fingerprint density at radius 3 is 2.19 bits per heavy atom. The first kappa shape index (κ1) is 19.8. The predicted molar refractivity (Wildman–Crippen MR) is 137 cm³/mol. The summed E-state index contributed by atoms with van der Waals surface area (Å²) in [4.78, 5) is 0. The number of rotatable bonds is 2. The zero-order valence-corrected chi connectivity index (χ0v) is 19.4. The summed E-state index contributed by atoms with van der Waals surface area (Å²) >= 11 is 0. The smallest absolute Gasteiger partial charge is 0.328 e. The molecule has 1 fully saturated rings. The van der Waals surface area contributed by atoms with Crippen LogP contribution >= 0.6 is 0 Å². The molecule has 4 aromatic rings. The van der Waals surface area contributed by atoms with Gasteiger partial charge in [0, 0.05) is 0 Å². The molecule has 0 aromatic heterocycles. The molecule has 0 spiro atoms. The number of hydrogen-bond donors (Lipinski definition) is 0. The number of hydrogen-bond acceptors (Lipinski definition) is 1. The number of benzene rings is 4. The molecule has 0 radical (unpaired) electrons. The van der Waals surface area contributed by atoms with E-state index in [0.29, 0.717) is 0 Å². The lowest BCUT2D eigenvalue weighted by molar-refractivity contribution is 0.0375. The second-order valence-corrected chi connectivity index (χ2v) is 10.6. The zero-order chi connectivity index (χ0) is 22.1. The van der Waals surface area contributed by atoms with Crippen molar-refractivity contribution in [2.75, 3.05) is 0 Å². The highest BCUT2D eigenvalue weighted by Gasteiger charge is 2.50. The third-order valence-corrected chi connectivity index (χ3v) is 8.17. The molecule has 1 nitrogen and oxygen atoms in total. The van der Waals surface area contributed by atoms with E-state index in [1.807, 2.05) is 0 Å². The van der Waals surface area contributed by atoms with E-state index in [1.165, 1.54) is 49.6 Å². The minimum absolute atomic E-state index is 0.126. The van der Waals surface area contributed by atoms with E-state index < -0.39 is 0 Å². The van der Waals surface area contributed by atoms with Crippen molar-refractivity contribution in [2.45, 2.75) is 46.0 Å². The minimum Gasteiger partial charge on any atom is -0.426 e. The van der Waals surface area contributed by atoms with Gasteiger partial charge >= 0.3 is 6.92 Å². The molecule has 158 valence electrons. The van der Waals surface area contributed by atoms with Gasteiger partial charge in [0.25, 0.3) is 0 Å². The predicted octanol–water partition coefficient (Wildman–Crippen LogP) is 7.11. The Balaban J connectivity index is 1.54. The molecule has 1 aliphatic carbocycles. The van der Waals surface area contributed by atoms with Gasteiger partial charge in [0.15, 0.2) is 0 Å². The molecule has 1 aliphatic heterocycles. The van der Waals surface area contributed by atoms with Gasteiger partial charge in [-0.05, 0) is 87.7 Å². The lowest BCUT2D eigenvalue weighted by Gasteiger charge is -2.34. The molecule has 0 N–H and O–H groups in total. The Hall–Kier alpha value is -2.84. The highest BCUT2D eigenvalue weighted by Crippen LogP contribution is 2.48. The van der Waals surface area contributed by atoms with E-state index in [-0.39, 0.29) is 17.9 Å². The molecule has 2 aliphatic rings. The van der Waals surface area contributed by atoms with Gasteiger partial charge in [0.1, 0.15) is 0 Å². The van der Waals surface area contributed by atoms with Gasteiger partial charge in [-0.25, -0.2) is 0 Å². The Labute approximate surface area is 191 Å². The summed E-state index contributed by atoms with van der Waals surface area (Å²) in [6.45, 7) is 9.31. The van der Waals surface area contributed by atoms with Gasteiger partial charge in [-0.3, -0.25) is 0 Å². The van der Waals surface area contributed by atoms with E-state index in [0.717, 1.165) is 12.7 Å².